The number of anilines is 8. The molecular weight excluding hydrogens is 942 g/mol. The van der Waals surface area contributed by atoms with Crippen molar-refractivity contribution < 1.29 is 0 Å². The summed E-state index contributed by atoms with van der Waals surface area (Å²) in [5, 5.41) is 6.44. The van der Waals surface area contributed by atoms with Crippen molar-refractivity contribution in [2.24, 2.45) is 0 Å². The van der Waals surface area contributed by atoms with Gasteiger partial charge in [-0.15, -0.1) is 0 Å². The minimum atomic E-state index is -0.126. The number of rotatable bonds is 8. The zero-order chi connectivity index (χ0) is 54.5. The second-order valence-corrected chi connectivity index (χ2v) is 25.5. The van der Waals surface area contributed by atoms with Gasteiger partial charge >= 0.3 is 0 Å². The average molecular weight is 1010 g/mol. The second-order valence-electron chi connectivity index (χ2n) is 25.5. The van der Waals surface area contributed by atoms with Crippen molar-refractivity contribution in [1.82, 2.24) is 0 Å². The van der Waals surface area contributed by atoms with Crippen LogP contribution in [0.25, 0.3) is 44.2 Å². The topological polar surface area (TPSA) is 18.5 Å². The summed E-state index contributed by atoms with van der Waals surface area (Å²) in [4.78, 5) is 4.99. The quantitative estimate of drug-likeness (QED) is 0.153. The van der Waals surface area contributed by atoms with Crippen molar-refractivity contribution in [3.8, 4) is 33.4 Å². The maximum atomic E-state index is 4.06. The fraction of sp³-hybridized carbons (Fsp3) is 0.216. The number of hydrogen-bond acceptors (Lipinski definition) is 3. The molecule has 0 unspecified atom stereocenters. The zero-order valence-electron chi connectivity index (χ0n) is 47.6. The molecule has 3 nitrogen and oxygen atoms in total. The lowest BCUT2D eigenvalue weighted by molar-refractivity contribution is 0.589. The highest BCUT2D eigenvalue weighted by Gasteiger charge is 2.36. The van der Waals surface area contributed by atoms with Crippen molar-refractivity contribution in [1.29, 1.82) is 0 Å². The maximum Gasteiger partial charge on any atom is 0.197 e. The first kappa shape index (κ1) is 50.7. The van der Waals surface area contributed by atoms with Gasteiger partial charge in [0.15, 0.2) is 7.28 Å². The molecule has 0 atom stereocenters. The van der Waals surface area contributed by atoms with Crippen LogP contribution in [0.5, 0.6) is 0 Å². The smallest absolute Gasteiger partial charge is 0.197 e. The highest BCUT2D eigenvalue weighted by Crippen LogP contribution is 2.51. The molecule has 10 aromatic carbocycles. The van der Waals surface area contributed by atoms with Crippen LogP contribution in [0.2, 0.25) is 0 Å². The molecule has 1 heterocycles. The summed E-state index contributed by atoms with van der Waals surface area (Å²) in [6.07, 6.45) is 0. The minimum Gasteiger partial charge on any atom is -0.355 e. The summed E-state index contributed by atoms with van der Waals surface area (Å²) < 4.78 is 0. The molecule has 0 fully saturated rings. The Morgan fingerprint density at radius 2 is 1.00 bits per heavy atom. The standard InChI is InChI=1S/C74H71BN3/c1-47-40-54(73(8,9)10)30-39-67(47)78-68-46-58(77(56-32-26-52(27-33-56)71(2,3)4)57-34-28-53(29-35-57)72(5,6)7)36-38-65(68)75-70-62(42-51(44-69(70)78)48-20-14-13-15-21-48)61-41-49-22-16-17-23-50(49)43-66(61)76-55-31-37-60-59-24-18-19-25-63(59)74(11,12)64(60)45-55/h13-46,76H,1-12H3. The third-order valence-electron chi connectivity index (χ3n) is 16.6. The van der Waals surface area contributed by atoms with Gasteiger partial charge in [-0.1, -0.05) is 209 Å². The molecule has 0 spiro atoms. The van der Waals surface area contributed by atoms with E-state index in [1.165, 1.54) is 66.3 Å². The monoisotopic (exact) mass is 1010 g/mol. The van der Waals surface area contributed by atoms with Crippen LogP contribution < -0.4 is 26.0 Å². The summed E-state index contributed by atoms with van der Waals surface area (Å²) in [6, 6.07) is 77.7. The third kappa shape index (κ3) is 9.09. The predicted octanol–water partition coefficient (Wildman–Crippen LogP) is 19.3. The van der Waals surface area contributed by atoms with Crippen molar-refractivity contribution >= 4 is 74.5 Å². The lowest BCUT2D eigenvalue weighted by atomic mass is 9.57. The van der Waals surface area contributed by atoms with Gasteiger partial charge in [0.25, 0.3) is 0 Å². The number of nitrogens with zero attached hydrogens (tertiary/aromatic N) is 2. The van der Waals surface area contributed by atoms with Crippen LogP contribution in [-0.2, 0) is 21.7 Å². The summed E-state index contributed by atoms with van der Waals surface area (Å²) in [5.41, 5.74) is 26.3. The molecule has 78 heavy (non-hydrogen) atoms. The van der Waals surface area contributed by atoms with E-state index in [4.69, 9.17) is 0 Å². The second kappa shape index (κ2) is 18.8. The minimum absolute atomic E-state index is 0.0147. The molecule has 10 aromatic rings. The molecule has 4 heteroatoms. The fourth-order valence-electron chi connectivity index (χ4n) is 12.1. The maximum absolute atomic E-state index is 4.06. The number of hydrogen-bond donors (Lipinski definition) is 1. The Morgan fingerprint density at radius 3 is 1.64 bits per heavy atom. The third-order valence-corrected chi connectivity index (χ3v) is 16.6. The summed E-state index contributed by atoms with van der Waals surface area (Å²) in [7, 11) is 2.45. The first-order valence-corrected chi connectivity index (χ1v) is 27.9. The summed E-state index contributed by atoms with van der Waals surface area (Å²) in [5.74, 6) is 0. The Morgan fingerprint density at radius 1 is 0.423 bits per heavy atom. The molecule has 1 aliphatic heterocycles. The van der Waals surface area contributed by atoms with Crippen LogP contribution in [0, 0.1) is 6.92 Å². The van der Waals surface area contributed by atoms with Crippen molar-refractivity contribution in [2.45, 2.75) is 105 Å². The highest BCUT2D eigenvalue weighted by atomic mass is 15.2. The van der Waals surface area contributed by atoms with Gasteiger partial charge in [0.2, 0.25) is 0 Å². The molecule has 1 radical (unpaired) electrons. The van der Waals surface area contributed by atoms with E-state index in [0.717, 1.165) is 67.7 Å². The molecule has 0 amide bonds. The van der Waals surface area contributed by atoms with Gasteiger partial charge in [0.05, 0.1) is 0 Å². The largest absolute Gasteiger partial charge is 0.355 e. The van der Waals surface area contributed by atoms with E-state index in [2.05, 4.69) is 312 Å². The molecule has 0 bridgehead atoms. The van der Waals surface area contributed by atoms with Crippen molar-refractivity contribution in [3.05, 3.63) is 240 Å². The van der Waals surface area contributed by atoms with E-state index in [9.17, 15) is 0 Å². The molecule has 1 N–H and O–H groups in total. The first-order valence-electron chi connectivity index (χ1n) is 27.9. The number of benzene rings is 10. The Kier molecular flexibility index (Phi) is 12.3. The Bertz CT molecular complexity index is 3880. The highest BCUT2D eigenvalue weighted by molar-refractivity contribution is 6.73. The van der Waals surface area contributed by atoms with Crippen LogP contribution in [-0.4, -0.2) is 7.28 Å². The van der Waals surface area contributed by atoms with Crippen molar-refractivity contribution in [3.63, 3.8) is 0 Å². The van der Waals surface area contributed by atoms with Crippen molar-refractivity contribution in [2.75, 3.05) is 15.1 Å². The van der Waals surface area contributed by atoms with E-state index >= 15 is 0 Å². The van der Waals surface area contributed by atoms with Crippen LogP contribution >= 0.6 is 0 Å². The number of aryl methyl sites for hydroxylation is 1. The lowest BCUT2D eigenvalue weighted by Gasteiger charge is -2.38. The average Bonchev–Trinajstić information content (AvgIpc) is 3.84. The van der Waals surface area contributed by atoms with E-state index in [1.807, 2.05) is 0 Å². The predicted molar refractivity (Wildman–Crippen MR) is 337 cm³/mol. The molecule has 12 rings (SSSR count). The normalized spacial score (nSPS) is 13.6. The van der Waals surface area contributed by atoms with Gasteiger partial charge in [-0.05, 0) is 179 Å². The van der Waals surface area contributed by atoms with E-state index < -0.39 is 0 Å². The SMILES string of the molecule is Cc1cc(C(C)(C)C)ccc1N1c2cc(N(c3ccc(C(C)(C)C)cc3)c3ccc(C(C)(C)C)cc3)ccc2[B]c2c(-c3cc4ccccc4cc3Nc3ccc4c(c3)C(C)(C)c3ccccc3-4)cc(-c3ccccc3)cc21. The molecule has 0 saturated carbocycles. The molecule has 2 aliphatic rings. The van der Waals surface area contributed by atoms with Gasteiger partial charge in [-0.2, -0.15) is 0 Å². The summed E-state index contributed by atoms with van der Waals surface area (Å²) >= 11 is 0. The van der Waals surface area contributed by atoms with Crippen LogP contribution in [0.15, 0.2) is 206 Å². The Hall–Kier alpha value is -8.08. The first-order chi connectivity index (χ1) is 37.2. The van der Waals surface area contributed by atoms with Crippen LogP contribution in [0.4, 0.5) is 45.5 Å². The van der Waals surface area contributed by atoms with E-state index in [1.54, 1.807) is 0 Å². The van der Waals surface area contributed by atoms with Gasteiger partial charge in [0.1, 0.15) is 0 Å². The van der Waals surface area contributed by atoms with Gasteiger partial charge in [-0.25, -0.2) is 0 Å². The van der Waals surface area contributed by atoms with Crippen LogP contribution in [0.1, 0.15) is 110 Å². The molecule has 0 saturated heterocycles. The van der Waals surface area contributed by atoms with Gasteiger partial charge < -0.3 is 15.1 Å². The molecule has 385 valence electrons. The van der Waals surface area contributed by atoms with Crippen LogP contribution in [0.3, 0.4) is 0 Å². The lowest BCUT2D eigenvalue weighted by Crippen LogP contribution is -2.41. The zero-order valence-corrected chi connectivity index (χ0v) is 47.6. The molecule has 0 aromatic heterocycles. The van der Waals surface area contributed by atoms with Gasteiger partial charge in [0, 0.05) is 56.5 Å². The van der Waals surface area contributed by atoms with E-state index in [0.29, 0.717) is 0 Å². The Labute approximate surface area is 464 Å². The summed E-state index contributed by atoms with van der Waals surface area (Å²) in [6.45, 7) is 27.6. The number of fused-ring (bicyclic) bond motifs is 6. The fourth-order valence-corrected chi connectivity index (χ4v) is 12.1. The van der Waals surface area contributed by atoms with E-state index in [-0.39, 0.29) is 21.7 Å². The molecular formula is C74H71BN3. The Balaban J connectivity index is 1.08. The number of nitrogens with one attached hydrogen (secondary N) is 1. The molecule has 1 aliphatic carbocycles. The van der Waals surface area contributed by atoms with Gasteiger partial charge in [-0.3, -0.25) is 0 Å².